The number of carbonyl (C=O) groups excluding carboxylic acids is 2. The third kappa shape index (κ3) is 5.26. The molecule has 170 valence electrons. The SMILES string of the molecule is COCCNC(=O)COC(=O)c1c2c(nc3ccccc13)/C(=C\c1ccc(F)cc1)CCC2. The molecular weight excluding hydrogens is 423 g/mol. The number of ether oxygens (including phenoxy) is 2. The van der Waals surface area contributed by atoms with Crippen molar-refractivity contribution < 1.29 is 23.5 Å². The minimum Gasteiger partial charge on any atom is -0.452 e. The van der Waals surface area contributed by atoms with Gasteiger partial charge in [-0.05, 0) is 60.2 Å². The number of para-hydroxylation sites is 1. The number of nitrogens with one attached hydrogen (secondary N) is 1. The quantitative estimate of drug-likeness (QED) is 0.434. The van der Waals surface area contributed by atoms with E-state index in [0.717, 1.165) is 35.2 Å². The maximum absolute atomic E-state index is 13.3. The second kappa shape index (κ2) is 10.4. The van der Waals surface area contributed by atoms with Crippen molar-refractivity contribution in [3.8, 4) is 0 Å². The number of pyridine rings is 1. The van der Waals surface area contributed by atoms with Crippen LogP contribution in [0.5, 0.6) is 0 Å². The molecule has 0 aliphatic heterocycles. The molecule has 1 amide bonds. The number of halogens is 1. The van der Waals surface area contributed by atoms with Crippen molar-refractivity contribution in [3.05, 3.63) is 76.7 Å². The molecule has 3 aromatic rings. The molecule has 0 fully saturated rings. The number of benzene rings is 2. The molecule has 6 nitrogen and oxygen atoms in total. The number of hydrogen-bond acceptors (Lipinski definition) is 5. The van der Waals surface area contributed by atoms with E-state index in [9.17, 15) is 14.0 Å². The lowest BCUT2D eigenvalue weighted by Crippen LogP contribution is -2.31. The third-order valence-electron chi connectivity index (χ3n) is 5.55. The zero-order valence-electron chi connectivity index (χ0n) is 18.4. The molecule has 2 aromatic carbocycles. The summed E-state index contributed by atoms with van der Waals surface area (Å²) in [5, 5.41) is 3.34. The van der Waals surface area contributed by atoms with Crippen molar-refractivity contribution in [3.63, 3.8) is 0 Å². The number of rotatable bonds is 7. The van der Waals surface area contributed by atoms with Crippen LogP contribution in [0.3, 0.4) is 0 Å². The predicted molar refractivity (Wildman–Crippen MR) is 124 cm³/mol. The minimum absolute atomic E-state index is 0.290. The first-order valence-corrected chi connectivity index (χ1v) is 10.9. The highest BCUT2D eigenvalue weighted by molar-refractivity contribution is 6.07. The van der Waals surface area contributed by atoms with E-state index in [2.05, 4.69) is 5.32 Å². The summed E-state index contributed by atoms with van der Waals surface area (Å²) in [6.45, 7) is 0.357. The second-order valence-corrected chi connectivity index (χ2v) is 7.82. The summed E-state index contributed by atoms with van der Waals surface area (Å²) in [5.41, 5.74) is 4.55. The van der Waals surface area contributed by atoms with E-state index in [1.807, 2.05) is 30.3 Å². The third-order valence-corrected chi connectivity index (χ3v) is 5.55. The van der Waals surface area contributed by atoms with Crippen LogP contribution >= 0.6 is 0 Å². The number of esters is 1. The van der Waals surface area contributed by atoms with Crippen LogP contribution in [0.4, 0.5) is 4.39 Å². The van der Waals surface area contributed by atoms with Gasteiger partial charge >= 0.3 is 5.97 Å². The van der Waals surface area contributed by atoms with Gasteiger partial charge in [0.1, 0.15) is 5.82 Å². The normalized spacial score (nSPS) is 14.2. The molecule has 1 aromatic heterocycles. The van der Waals surface area contributed by atoms with Crippen molar-refractivity contribution in [2.45, 2.75) is 19.3 Å². The molecule has 1 aliphatic carbocycles. The number of fused-ring (bicyclic) bond motifs is 2. The molecule has 0 atom stereocenters. The Hall–Kier alpha value is -3.58. The molecule has 7 heteroatoms. The average molecular weight is 448 g/mol. The largest absolute Gasteiger partial charge is 0.452 e. The highest BCUT2D eigenvalue weighted by atomic mass is 19.1. The molecule has 0 saturated heterocycles. The van der Waals surface area contributed by atoms with Gasteiger partial charge in [0.15, 0.2) is 6.61 Å². The van der Waals surface area contributed by atoms with Crippen molar-refractivity contribution >= 4 is 34.4 Å². The van der Waals surface area contributed by atoms with Crippen LogP contribution in [0, 0.1) is 5.82 Å². The van der Waals surface area contributed by atoms with Crippen LogP contribution in [0.1, 0.15) is 40.0 Å². The van der Waals surface area contributed by atoms with Gasteiger partial charge in [-0.1, -0.05) is 30.3 Å². The molecule has 0 unspecified atom stereocenters. The van der Waals surface area contributed by atoms with Crippen molar-refractivity contribution in [2.24, 2.45) is 0 Å². The Bertz CT molecular complexity index is 1200. The molecule has 0 radical (unpaired) electrons. The van der Waals surface area contributed by atoms with Crippen molar-refractivity contribution in [2.75, 3.05) is 26.9 Å². The smallest absolute Gasteiger partial charge is 0.339 e. The summed E-state index contributed by atoms with van der Waals surface area (Å²) in [7, 11) is 1.54. The fraction of sp³-hybridized carbons (Fsp3) is 0.269. The fourth-order valence-electron chi connectivity index (χ4n) is 4.02. The number of aromatic nitrogens is 1. The molecule has 0 spiro atoms. The fourth-order valence-corrected chi connectivity index (χ4v) is 4.02. The number of amides is 1. The maximum atomic E-state index is 13.3. The molecule has 33 heavy (non-hydrogen) atoms. The van der Waals surface area contributed by atoms with Gasteiger partial charge in [-0.25, -0.2) is 14.2 Å². The molecule has 4 rings (SSSR count). The predicted octanol–water partition coefficient (Wildman–Crippen LogP) is 4.17. The molecule has 1 aliphatic rings. The minimum atomic E-state index is -0.547. The Morgan fingerprint density at radius 3 is 2.70 bits per heavy atom. The topological polar surface area (TPSA) is 77.5 Å². The summed E-state index contributed by atoms with van der Waals surface area (Å²) in [4.78, 5) is 30.0. The average Bonchev–Trinajstić information content (AvgIpc) is 2.83. The molecule has 1 N–H and O–H groups in total. The Morgan fingerprint density at radius 1 is 1.12 bits per heavy atom. The van der Waals surface area contributed by atoms with Crippen LogP contribution in [0.15, 0.2) is 48.5 Å². The summed E-state index contributed by atoms with van der Waals surface area (Å²) in [5.74, 6) is -1.22. The summed E-state index contributed by atoms with van der Waals surface area (Å²) in [6, 6.07) is 13.7. The van der Waals surface area contributed by atoms with E-state index in [4.69, 9.17) is 14.5 Å². The number of nitrogens with zero attached hydrogens (tertiary/aromatic N) is 1. The van der Waals surface area contributed by atoms with E-state index >= 15 is 0 Å². The van der Waals surface area contributed by atoms with E-state index in [1.165, 1.54) is 12.1 Å². The van der Waals surface area contributed by atoms with Crippen molar-refractivity contribution in [1.82, 2.24) is 10.3 Å². The van der Waals surface area contributed by atoms with Gasteiger partial charge in [0.2, 0.25) is 0 Å². The molecular formula is C26H25FN2O4. The summed E-state index contributed by atoms with van der Waals surface area (Å²) < 4.78 is 23.6. The van der Waals surface area contributed by atoms with E-state index < -0.39 is 5.97 Å². The van der Waals surface area contributed by atoms with Gasteiger partial charge in [-0.3, -0.25) is 4.79 Å². The van der Waals surface area contributed by atoms with Gasteiger partial charge in [0, 0.05) is 19.0 Å². The van der Waals surface area contributed by atoms with Crippen LogP contribution in [0.2, 0.25) is 0 Å². The van der Waals surface area contributed by atoms with Gasteiger partial charge in [0.05, 0.1) is 23.4 Å². The van der Waals surface area contributed by atoms with E-state index in [1.54, 1.807) is 19.2 Å². The first-order valence-electron chi connectivity index (χ1n) is 10.9. The van der Waals surface area contributed by atoms with Gasteiger partial charge in [-0.2, -0.15) is 0 Å². The number of allylic oxidation sites excluding steroid dienone is 1. The maximum Gasteiger partial charge on any atom is 0.339 e. The van der Waals surface area contributed by atoms with Crippen LogP contribution in [-0.4, -0.2) is 43.7 Å². The van der Waals surface area contributed by atoms with Gasteiger partial charge < -0.3 is 14.8 Å². The van der Waals surface area contributed by atoms with Crippen LogP contribution in [0.25, 0.3) is 22.6 Å². The van der Waals surface area contributed by atoms with Gasteiger partial charge in [-0.15, -0.1) is 0 Å². The number of hydrogen-bond donors (Lipinski definition) is 1. The molecule has 0 saturated carbocycles. The Balaban J connectivity index is 1.69. The first kappa shape index (κ1) is 22.6. The second-order valence-electron chi connectivity index (χ2n) is 7.82. The van der Waals surface area contributed by atoms with Crippen LogP contribution in [-0.2, 0) is 20.7 Å². The van der Waals surface area contributed by atoms with E-state index in [0.29, 0.717) is 36.0 Å². The van der Waals surface area contributed by atoms with Crippen LogP contribution < -0.4 is 5.32 Å². The zero-order chi connectivity index (χ0) is 23.2. The summed E-state index contributed by atoms with van der Waals surface area (Å²) >= 11 is 0. The number of carbonyl (C=O) groups is 2. The molecule has 0 bridgehead atoms. The number of methoxy groups -OCH3 is 1. The monoisotopic (exact) mass is 448 g/mol. The Morgan fingerprint density at radius 2 is 1.91 bits per heavy atom. The van der Waals surface area contributed by atoms with Gasteiger partial charge in [0.25, 0.3) is 5.91 Å². The highest BCUT2D eigenvalue weighted by Crippen LogP contribution is 2.36. The lowest BCUT2D eigenvalue weighted by Gasteiger charge is -2.22. The van der Waals surface area contributed by atoms with Crippen molar-refractivity contribution in [1.29, 1.82) is 0 Å². The highest BCUT2D eigenvalue weighted by Gasteiger charge is 2.26. The molecule has 1 heterocycles. The lowest BCUT2D eigenvalue weighted by atomic mass is 9.86. The Kier molecular flexibility index (Phi) is 7.10. The standard InChI is InChI=1S/C26H25FN2O4/c1-32-14-13-28-23(30)16-33-26(31)24-20-6-2-3-8-22(20)29-25-18(5-4-7-21(24)25)15-17-9-11-19(27)12-10-17/h2-3,6,8-12,15H,4-5,7,13-14,16H2,1H3,(H,28,30)/b18-15-. The lowest BCUT2D eigenvalue weighted by molar-refractivity contribution is -0.124. The zero-order valence-corrected chi connectivity index (χ0v) is 18.4. The van der Waals surface area contributed by atoms with E-state index in [-0.39, 0.29) is 18.3 Å². The first-order chi connectivity index (χ1) is 16.1. The Labute approximate surface area is 191 Å². The summed E-state index contributed by atoms with van der Waals surface area (Å²) in [6.07, 6.45) is 4.31.